The Labute approximate surface area is 182 Å². The number of primary sulfonamides is 1. The number of nitrogens with one attached hydrogen (secondary N) is 2. The molecule has 7 nitrogen and oxygen atoms in total. The molecule has 3 aromatic carbocycles. The smallest absolute Gasteiger partial charge is 0.257 e. The van der Waals surface area contributed by atoms with E-state index in [1.54, 1.807) is 18.2 Å². The predicted molar refractivity (Wildman–Crippen MR) is 119 cm³/mol. The lowest BCUT2D eigenvalue weighted by Crippen LogP contribution is -2.19. The van der Waals surface area contributed by atoms with Gasteiger partial charge in [0.05, 0.1) is 22.6 Å². The molecule has 9 heteroatoms. The first kappa shape index (κ1) is 21.7. The van der Waals surface area contributed by atoms with Crippen LogP contribution in [-0.2, 0) is 21.2 Å². The zero-order valence-electron chi connectivity index (χ0n) is 15.6. The summed E-state index contributed by atoms with van der Waals surface area (Å²) in [5.41, 5.74) is 1.85. The van der Waals surface area contributed by atoms with Crippen LogP contribution < -0.4 is 15.8 Å². The lowest BCUT2D eigenvalue weighted by molar-refractivity contribution is -0.115. The van der Waals surface area contributed by atoms with Gasteiger partial charge in [0.25, 0.3) is 5.91 Å². The molecule has 0 spiro atoms. The molecule has 0 heterocycles. The summed E-state index contributed by atoms with van der Waals surface area (Å²) < 4.78 is 23.4. The van der Waals surface area contributed by atoms with Gasteiger partial charge in [-0.2, -0.15) is 0 Å². The maximum atomic E-state index is 12.8. The van der Waals surface area contributed by atoms with Crippen LogP contribution in [0, 0.1) is 0 Å². The van der Waals surface area contributed by atoms with Gasteiger partial charge in [-0.15, -0.1) is 0 Å². The summed E-state index contributed by atoms with van der Waals surface area (Å²) in [5, 5.41) is 10.5. The van der Waals surface area contributed by atoms with E-state index in [-0.39, 0.29) is 22.8 Å². The normalized spacial score (nSPS) is 11.0. The second-order valence-corrected chi connectivity index (χ2v) is 8.90. The maximum absolute atomic E-state index is 12.8. The van der Waals surface area contributed by atoms with Gasteiger partial charge in [-0.3, -0.25) is 9.59 Å². The van der Waals surface area contributed by atoms with Gasteiger partial charge in [-0.25, -0.2) is 13.6 Å². The van der Waals surface area contributed by atoms with Crippen molar-refractivity contribution in [2.24, 2.45) is 5.14 Å². The SMILES string of the molecule is NS(=O)(=O)c1ccc(NC(=O)c2cc(Br)ccc2NC(=O)Cc2ccccc2)cc1. The van der Waals surface area contributed by atoms with Crippen molar-refractivity contribution in [3.63, 3.8) is 0 Å². The molecule has 0 fully saturated rings. The first-order chi connectivity index (χ1) is 14.2. The number of halogens is 1. The second-order valence-electron chi connectivity index (χ2n) is 6.42. The average molecular weight is 488 g/mol. The molecular weight excluding hydrogens is 470 g/mol. The monoisotopic (exact) mass is 487 g/mol. The van der Waals surface area contributed by atoms with Crippen molar-refractivity contribution in [1.29, 1.82) is 0 Å². The highest BCUT2D eigenvalue weighted by molar-refractivity contribution is 9.10. The average Bonchev–Trinajstić information content (AvgIpc) is 2.69. The van der Waals surface area contributed by atoms with Crippen LogP contribution in [0.4, 0.5) is 11.4 Å². The molecule has 0 saturated carbocycles. The number of nitrogens with two attached hydrogens (primary N) is 1. The lowest BCUT2D eigenvalue weighted by atomic mass is 10.1. The molecule has 0 bridgehead atoms. The highest BCUT2D eigenvalue weighted by Crippen LogP contribution is 2.23. The van der Waals surface area contributed by atoms with Gasteiger partial charge in [0.1, 0.15) is 0 Å². The van der Waals surface area contributed by atoms with Crippen molar-refractivity contribution in [2.75, 3.05) is 10.6 Å². The third kappa shape index (κ3) is 5.76. The Balaban J connectivity index is 1.77. The first-order valence-corrected chi connectivity index (χ1v) is 11.1. The van der Waals surface area contributed by atoms with Crippen LogP contribution >= 0.6 is 15.9 Å². The van der Waals surface area contributed by atoms with Gasteiger partial charge in [0, 0.05) is 10.2 Å². The molecule has 30 heavy (non-hydrogen) atoms. The van der Waals surface area contributed by atoms with Gasteiger partial charge in [-0.1, -0.05) is 46.3 Å². The Morgan fingerprint density at radius 2 is 1.57 bits per heavy atom. The molecule has 4 N–H and O–H groups in total. The Bertz CT molecular complexity index is 1180. The maximum Gasteiger partial charge on any atom is 0.257 e. The molecule has 0 aliphatic carbocycles. The van der Waals surface area contributed by atoms with Crippen molar-refractivity contribution in [1.82, 2.24) is 0 Å². The topological polar surface area (TPSA) is 118 Å². The minimum absolute atomic E-state index is 0.0585. The van der Waals surface area contributed by atoms with E-state index < -0.39 is 15.9 Å². The van der Waals surface area contributed by atoms with Crippen LogP contribution in [-0.4, -0.2) is 20.2 Å². The van der Waals surface area contributed by atoms with Crippen molar-refractivity contribution in [3.05, 3.63) is 88.4 Å². The Morgan fingerprint density at radius 3 is 2.20 bits per heavy atom. The van der Waals surface area contributed by atoms with Gasteiger partial charge < -0.3 is 10.6 Å². The van der Waals surface area contributed by atoms with Crippen molar-refractivity contribution in [3.8, 4) is 0 Å². The van der Waals surface area contributed by atoms with Gasteiger partial charge in [-0.05, 0) is 48.0 Å². The third-order valence-electron chi connectivity index (χ3n) is 4.15. The predicted octanol–water partition coefficient (Wildman–Crippen LogP) is 3.53. The number of hydrogen-bond acceptors (Lipinski definition) is 4. The highest BCUT2D eigenvalue weighted by atomic mass is 79.9. The van der Waals surface area contributed by atoms with E-state index in [4.69, 9.17) is 5.14 Å². The van der Waals surface area contributed by atoms with E-state index in [1.807, 2.05) is 30.3 Å². The van der Waals surface area contributed by atoms with E-state index in [9.17, 15) is 18.0 Å². The van der Waals surface area contributed by atoms with Crippen molar-refractivity contribution < 1.29 is 18.0 Å². The molecule has 2 amide bonds. The molecule has 0 aliphatic heterocycles. The van der Waals surface area contributed by atoms with Gasteiger partial charge in [0.15, 0.2) is 0 Å². The first-order valence-electron chi connectivity index (χ1n) is 8.80. The van der Waals surface area contributed by atoms with Crippen LogP contribution in [0.2, 0.25) is 0 Å². The largest absolute Gasteiger partial charge is 0.325 e. The van der Waals surface area contributed by atoms with Gasteiger partial charge >= 0.3 is 0 Å². The van der Waals surface area contributed by atoms with Crippen molar-refractivity contribution >= 4 is 49.1 Å². The van der Waals surface area contributed by atoms with E-state index in [1.165, 1.54) is 24.3 Å². The van der Waals surface area contributed by atoms with Gasteiger partial charge in [0.2, 0.25) is 15.9 Å². The fraction of sp³-hybridized carbons (Fsp3) is 0.0476. The number of carbonyl (C=O) groups is 2. The van der Waals surface area contributed by atoms with E-state index in [0.717, 1.165) is 5.56 Å². The minimum Gasteiger partial charge on any atom is -0.325 e. The summed E-state index contributed by atoms with van der Waals surface area (Å²) in [6.07, 6.45) is 0.174. The number of hydrogen-bond donors (Lipinski definition) is 3. The number of rotatable bonds is 6. The summed E-state index contributed by atoms with van der Waals surface area (Å²) in [5.74, 6) is -0.718. The van der Waals surface area contributed by atoms with E-state index in [0.29, 0.717) is 15.8 Å². The minimum atomic E-state index is -3.82. The zero-order valence-corrected chi connectivity index (χ0v) is 18.0. The standard InChI is InChI=1S/C21H18BrN3O4S/c22-15-6-11-19(25-20(26)12-14-4-2-1-3-5-14)18(13-15)21(27)24-16-7-9-17(10-8-16)30(23,28)29/h1-11,13H,12H2,(H,24,27)(H,25,26)(H2,23,28,29). The number of amides is 2. The van der Waals surface area contributed by atoms with Crippen LogP contribution in [0.3, 0.4) is 0 Å². The molecule has 0 aliphatic rings. The molecule has 0 saturated heterocycles. The number of sulfonamides is 1. The Hall–Kier alpha value is -3.01. The number of anilines is 2. The van der Waals surface area contributed by atoms with Crippen LogP contribution in [0.1, 0.15) is 15.9 Å². The Morgan fingerprint density at radius 1 is 0.900 bits per heavy atom. The molecule has 0 atom stereocenters. The van der Waals surface area contributed by atoms with E-state index >= 15 is 0 Å². The summed E-state index contributed by atoms with van der Waals surface area (Å²) in [6.45, 7) is 0. The number of carbonyl (C=O) groups excluding carboxylic acids is 2. The molecule has 0 unspecified atom stereocenters. The molecule has 3 rings (SSSR count). The quantitative estimate of drug-likeness (QED) is 0.492. The van der Waals surface area contributed by atoms with Crippen LogP contribution in [0.25, 0.3) is 0 Å². The second kappa shape index (κ2) is 9.21. The highest BCUT2D eigenvalue weighted by Gasteiger charge is 2.15. The van der Waals surface area contributed by atoms with E-state index in [2.05, 4.69) is 26.6 Å². The lowest BCUT2D eigenvalue weighted by Gasteiger charge is -2.12. The summed E-state index contributed by atoms with van der Waals surface area (Å²) in [7, 11) is -3.82. The molecule has 0 radical (unpaired) electrons. The zero-order chi connectivity index (χ0) is 21.7. The summed E-state index contributed by atoms with van der Waals surface area (Å²) >= 11 is 3.33. The molecular formula is C21H18BrN3O4S. The molecule has 154 valence electrons. The molecule has 0 aromatic heterocycles. The fourth-order valence-corrected chi connectivity index (χ4v) is 3.59. The summed E-state index contributed by atoms with van der Waals surface area (Å²) in [6, 6.07) is 19.7. The summed E-state index contributed by atoms with van der Waals surface area (Å²) in [4.78, 5) is 25.1. The van der Waals surface area contributed by atoms with Crippen molar-refractivity contribution in [2.45, 2.75) is 11.3 Å². The van der Waals surface area contributed by atoms with Crippen LogP contribution in [0.5, 0.6) is 0 Å². The number of benzene rings is 3. The Kier molecular flexibility index (Phi) is 6.66. The molecule has 3 aromatic rings. The fourth-order valence-electron chi connectivity index (χ4n) is 2.72. The van der Waals surface area contributed by atoms with Crippen LogP contribution in [0.15, 0.2) is 82.2 Å². The third-order valence-corrected chi connectivity index (χ3v) is 5.57.